The average molecular weight is 240 g/mol. The minimum absolute atomic E-state index is 0.213. The summed E-state index contributed by atoms with van der Waals surface area (Å²) >= 11 is 3.24. The Balaban J connectivity index is 2.68. The number of hydrogen-bond acceptors (Lipinski definition) is 3. The first-order valence-corrected chi connectivity index (χ1v) is 4.33. The van der Waals surface area contributed by atoms with Crippen molar-refractivity contribution < 1.29 is 9.53 Å². The number of ether oxygens (including phenoxy) is 1. The molecule has 0 amide bonds. The summed E-state index contributed by atoms with van der Waals surface area (Å²) in [4.78, 5) is 11.1. The van der Waals surface area contributed by atoms with E-state index in [0.717, 1.165) is 4.47 Å². The first kappa shape index (κ1) is 9.75. The predicted octanol–water partition coefficient (Wildman–Crippen LogP) is 2.13. The number of benzene rings is 1. The van der Waals surface area contributed by atoms with Crippen molar-refractivity contribution in [3.05, 3.63) is 34.3 Å². The first-order chi connectivity index (χ1) is 6.24. The molecule has 1 aromatic carbocycles. The molecule has 66 valence electrons. The number of hydrogen-bond donors (Lipinski definition) is 0. The molecule has 0 spiro atoms. The lowest BCUT2D eigenvalue weighted by atomic mass is 10.2. The van der Waals surface area contributed by atoms with Crippen molar-refractivity contribution in [2.24, 2.45) is 0 Å². The molecule has 0 atom stereocenters. The fourth-order valence-corrected chi connectivity index (χ4v) is 1.03. The summed E-state index contributed by atoms with van der Waals surface area (Å²) in [6.45, 7) is -0.213. The Kier molecular flexibility index (Phi) is 3.47. The minimum atomic E-state index is -0.478. The molecule has 3 nitrogen and oxygen atoms in total. The van der Waals surface area contributed by atoms with Crippen molar-refractivity contribution in [1.82, 2.24) is 0 Å². The third-order valence-electron chi connectivity index (χ3n) is 1.35. The summed E-state index contributed by atoms with van der Waals surface area (Å²) in [5.41, 5.74) is 0.443. The maximum absolute atomic E-state index is 11.1. The SMILES string of the molecule is N#CCOC(=O)c1ccc(Br)cc1. The van der Waals surface area contributed by atoms with E-state index in [1.54, 1.807) is 30.3 Å². The van der Waals surface area contributed by atoms with Crippen molar-refractivity contribution in [2.75, 3.05) is 6.61 Å². The lowest BCUT2D eigenvalue weighted by Crippen LogP contribution is -2.04. The van der Waals surface area contributed by atoms with Crippen LogP contribution in [0.1, 0.15) is 10.4 Å². The number of carbonyl (C=O) groups excluding carboxylic acids is 1. The Bertz CT molecular complexity index is 340. The number of rotatable bonds is 2. The van der Waals surface area contributed by atoms with Gasteiger partial charge in [0.1, 0.15) is 6.07 Å². The van der Waals surface area contributed by atoms with Crippen molar-refractivity contribution in [3.8, 4) is 6.07 Å². The molecule has 0 unspecified atom stereocenters. The summed E-state index contributed by atoms with van der Waals surface area (Å²) in [6, 6.07) is 8.46. The summed E-state index contributed by atoms with van der Waals surface area (Å²) < 4.78 is 5.49. The van der Waals surface area contributed by atoms with Gasteiger partial charge in [0.05, 0.1) is 5.56 Å². The van der Waals surface area contributed by atoms with Gasteiger partial charge in [-0.25, -0.2) is 4.79 Å². The minimum Gasteiger partial charge on any atom is -0.447 e. The molecule has 0 aliphatic carbocycles. The molecular formula is C9H6BrNO2. The average Bonchev–Trinajstić information content (AvgIpc) is 2.15. The molecule has 13 heavy (non-hydrogen) atoms. The molecule has 0 aliphatic rings. The van der Waals surface area contributed by atoms with Crippen molar-refractivity contribution in [3.63, 3.8) is 0 Å². The van der Waals surface area contributed by atoms with Crippen LogP contribution >= 0.6 is 15.9 Å². The molecule has 0 saturated heterocycles. The smallest absolute Gasteiger partial charge is 0.339 e. The summed E-state index contributed by atoms with van der Waals surface area (Å²) in [5, 5.41) is 8.17. The molecule has 1 rings (SSSR count). The largest absolute Gasteiger partial charge is 0.447 e. The third kappa shape index (κ3) is 2.88. The molecule has 0 aliphatic heterocycles. The van der Waals surface area contributed by atoms with E-state index in [9.17, 15) is 4.79 Å². The molecule has 0 fully saturated rings. The van der Waals surface area contributed by atoms with E-state index in [1.165, 1.54) is 0 Å². The summed E-state index contributed by atoms with van der Waals surface area (Å²) in [7, 11) is 0. The van der Waals surface area contributed by atoms with Crippen LogP contribution in [-0.2, 0) is 4.74 Å². The normalized spacial score (nSPS) is 8.92. The Labute approximate surface area is 84.1 Å². The lowest BCUT2D eigenvalue weighted by molar-refractivity contribution is 0.0555. The third-order valence-corrected chi connectivity index (χ3v) is 1.88. The van der Waals surface area contributed by atoms with Gasteiger partial charge in [-0.05, 0) is 24.3 Å². The number of carbonyl (C=O) groups is 1. The van der Waals surface area contributed by atoms with Gasteiger partial charge in [-0.3, -0.25) is 0 Å². The van der Waals surface area contributed by atoms with E-state index in [-0.39, 0.29) is 6.61 Å². The highest BCUT2D eigenvalue weighted by Gasteiger charge is 2.05. The van der Waals surface area contributed by atoms with Crippen LogP contribution in [0.5, 0.6) is 0 Å². The second-order valence-corrected chi connectivity index (χ2v) is 3.16. The Morgan fingerprint density at radius 2 is 2.08 bits per heavy atom. The van der Waals surface area contributed by atoms with Crippen LogP contribution < -0.4 is 0 Å². The van der Waals surface area contributed by atoms with Gasteiger partial charge in [-0.2, -0.15) is 5.26 Å². The summed E-state index contributed by atoms with van der Waals surface area (Å²) in [5.74, 6) is -0.478. The fraction of sp³-hybridized carbons (Fsp3) is 0.111. The molecule has 0 aromatic heterocycles. The molecule has 0 saturated carbocycles. The van der Waals surface area contributed by atoms with E-state index in [0.29, 0.717) is 5.56 Å². The molecule has 4 heteroatoms. The molecule has 0 heterocycles. The lowest BCUT2D eigenvalue weighted by Gasteiger charge is -1.99. The van der Waals surface area contributed by atoms with Crippen molar-refractivity contribution in [2.45, 2.75) is 0 Å². The van der Waals surface area contributed by atoms with Gasteiger partial charge in [0.2, 0.25) is 0 Å². The van der Waals surface area contributed by atoms with Gasteiger partial charge in [-0.1, -0.05) is 15.9 Å². The second kappa shape index (κ2) is 4.63. The van der Waals surface area contributed by atoms with Crippen LogP contribution in [-0.4, -0.2) is 12.6 Å². The number of nitrogens with zero attached hydrogens (tertiary/aromatic N) is 1. The van der Waals surface area contributed by atoms with Gasteiger partial charge < -0.3 is 4.74 Å². The van der Waals surface area contributed by atoms with Crippen LogP contribution in [0.2, 0.25) is 0 Å². The van der Waals surface area contributed by atoms with E-state index in [1.807, 2.05) is 0 Å². The molecule has 1 aromatic rings. The quantitative estimate of drug-likeness (QED) is 0.744. The van der Waals surface area contributed by atoms with Crippen LogP contribution in [0.4, 0.5) is 0 Å². The van der Waals surface area contributed by atoms with Gasteiger partial charge >= 0.3 is 5.97 Å². The van der Waals surface area contributed by atoms with Crippen LogP contribution in [0.15, 0.2) is 28.7 Å². The Hall–Kier alpha value is -1.34. The zero-order valence-electron chi connectivity index (χ0n) is 6.66. The van der Waals surface area contributed by atoms with E-state index in [4.69, 9.17) is 5.26 Å². The zero-order valence-corrected chi connectivity index (χ0v) is 8.24. The zero-order chi connectivity index (χ0) is 9.68. The highest BCUT2D eigenvalue weighted by molar-refractivity contribution is 9.10. The number of nitriles is 1. The van der Waals surface area contributed by atoms with Crippen LogP contribution in [0.25, 0.3) is 0 Å². The number of halogens is 1. The van der Waals surface area contributed by atoms with Gasteiger partial charge in [-0.15, -0.1) is 0 Å². The van der Waals surface area contributed by atoms with E-state index < -0.39 is 5.97 Å². The van der Waals surface area contributed by atoms with Gasteiger partial charge in [0.15, 0.2) is 6.61 Å². The predicted molar refractivity (Wildman–Crippen MR) is 50.0 cm³/mol. The van der Waals surface area contributed by atoms with Gasteiger partial charge in [0.25, 0.3) is 0 Å². The highest BCUT2D eigenvalue weighted by Crippen LogP contribution is 2.10. The van der Waals surface area contributed by atoms with E-state index in [2.05, 4.69) is 20.7 Å². The molecule has 0 N–H and O–H groups in total. The van der Waals surface area contributed by atoms with Gasteiger partial charge in [0, 0.05) is 4.47 Å². The van der Waals surface area contributed by atoms with E-state index >= 15 is 0 Å². The Morgan fingerprint density at radius 1 is 1.46 bits per heavy atom. The second-order valence-electron chi connectivity index (χ2n) is 2.24. The molecular weight excluding hydrogens is 234 g/mol. The van der Waals surface area contributed by atoms with Crippen LogP contribution in [0, 0.1) is 11.3 Å². The topological polar surface area (TPSA) is 50.1 Å². The maximum Gasteiger partial charge on any atom is 0.339 e. The molecule has 0 bridgehead atoms. The monoisotopic (exact) mass is 239 g/mol. The maximum atomic E-state index is 11.1. The van der Waals surface area contributed by atoms with Crippen molar-refractivity contribution >= 4 is 21.9 Å². The number of esters is 1. The summed E-state index contributed by atoms with van der Waals surface area (Å²) in [6.07, 6.45) is 0. The van der Waals surface area contributed by atoms with Crippen molar-refractivity contribution in [1.29, 1.82) is 5.26 Å². The Morgan fingerprint density at radius 3 is 2.62 bits per heavy atom. The molecule has 0 radical (unpaired) electrons. The highest BCUT2D eigenvalue weighted by atomic mass is 79.9. The first-order valence-electron chi connectivity index (χ1n) is 3.53. The standard InChI is InChI=1S/C9H6BrNO2/c10-8-3-1-7(2-4-8)9(12)13-6-5-11/h1-4H,6H2. The van der Waals surface area contributed by atoms with Crippen LogP contribution in [0.3, 0.4) is 0 Å². The fourth-order valence-electron chi connectivity index (χ4n) is 0.767.